The van der Waals surface area contributed by atoms with Gasteiger partial charge in [0.2, 0.25) is 0 Å². The van der Waals surface area contributed by atoms with Gasteiger partial charge in [0.15, 0.2) is 0 Å². The minimum absolute atomic E-state index is 0.356. The number of benzene rings is 1. The standard InChI is InChI=1S/C15H16O/c16-15-9-8-13-12(6-7-14(13)15)10-11-4-2-1-3-5-11/h1-5,10,13-14H,6-9H2/b12-10-. The molecule has 0 radical (unpaired) electrons. The second-order valence-electron chi connectivity index (χ2n) is 4.89. The monoisotopic (exact) mass is 212 g/mol. The maximum atomic E-state index is 11.6. The summed E-state index contributed by atoms with van der Waals surface area (Å²) in [6.45, 7) is 0. The van der Waals surface area contributed by atoms with Gasteiger partial charge < -0.3 is 0 Å². The van der Waals surface area contributed by atoms with E-state index in [1.54, 1.807) is 0 Å². The van der Waals surface area contributed by atoms with Crippen molar-refractivity contribution in [3.63, 3.8) is 0 Å². The molecule has 0 aromatic heterocycles. The minimum Gasteiger partial charge on any atom is -0.299 e. The van der Waals surface area contributed by atoms with Gasteiger partial charge in [-0.2, -0.15) is 0 Å². The van der Waals surface area contributed by atoms with Crippen LogP contribution < -0.4 is 0 Å². The number of hydrogen-bond acceptors (Lipinski definition) is 1. The van der Waals surface area contributed by atoms with Crippen molar-refractivity contribution < 1.29 is 4.79 Å². The van der Waals surface area contributed by atoms with Crippen molar-refractivity contribution in [3.8, 4) is 0 Å². The molecule has 0 saturated heterocycles. The smallest absolute Gasteiger partial charge is 0.136 e. The van der Waals surface area contributed by atoms with Crippen LogP contribution in [-0.2, 0) is 4.79 Å². The molecule has 1 aromatic carbocycles. The molecule has 1 aromatic rings. The first kappa shape index (κ1) is 9.83. The molecule has 0 bridgehead atoms. The van der Waals surface area contributed by atoms with Crippen LogP contribution in [0.15, 0.2) is 35.9 Å². The first-order chi connectivity index (χ1) is 7.84. The molecule has 3 rings (SSSR count). The van der Waals surface area contributed by atoms with Crippen LogP contribution in [0.1, 0.15) is 31.2 Å². The number of carbonyl (C=O) groups is 1. The van der Waals surface area contributed by atoms with E-state index in [4.69, 9.17) is 0 Å². The summed E-state index contributed by atoms with van der Waals surface area (Å²) in [6, 6.07) is 10.4. The quantitative estimate of drug-likeness (QED) is 0.696. The fourth-order valence-corrected chi connectivity index (χ4v) is 3.16. The van der Waals surface area contributed by atoms with Crippen LogP contribution in [0.2, 0.25) is 0 Å². The third-order valence-electron chi connectivity index (χ3n) is 3.97. The third-order valence-corrected chi connectivity index (χ3v) is 3.97. The fraction of sp³-hybridized carbons (Fsp3) is 0.400. The van der Waals surface area contributed by atoms with E-state index in [0.717, 1.165) is 25.7 Å². The average Bonchev–Trinajstić information content (AvgIpc) is 2.86. The van der Waals surface area contributed by atoms with E-state index in [2.05, 4.69) is 30.3 Å². The lowest BCUT2D eigenvalue weighted by molar-refractivity contribution is -0.120. The highest BCUT2D eigenvalue weighted by molar-refractivity contribution is 5.85. The molecule has 0 spiro atoms. The highest BCUT2D eigenvalue weighted by Crippen LogP contribution is 2.45. The van der Waals surface area contributed by atoms with Crippen molar-refractivity contribution in [1.29, 1.82) is 0 Å². The lowest BCUT2D eigenvalue weighted by Crippen LogP contribution is -2.07. The molecule has 0 aliphatic heterocycles. The second-order valence-corrected chi connectivity index (χ2v) is 4.89. The first-order valence-electron chi connectivity index (χ1n) is 6.13. The zero-order valence-electron chi connectivity index (χ0n) is 9.36. The predicted octanol–water partition coefficient (Wildman–Crippen LogP) is 3.46. The molecule has 2 unspecified atom stereocenters. The summed E-state index contributed by atoms with van der Waals surface area (Å²) in [5, 5.41) is 0. The van der Waals surface area contributed by atoms with Gasteiger partial charge in [0.1, 0.15) is 5.78 Å². The summed E-state index contributed by atoms with van der Waals surface area (Å²) in [5.74, 6) is 1.42. The van der Waals surface area contributed by atoms with Crippen LogP contribution in [0.5, 0.6) is 0 Å². The Kier molecular flexibility index (Phi) is 2.39. The average molecular weight is 212 g/mol. The van der Waals surface area contributed by atoms with Gasteiger partial charge in [-0.25, -0.2) is 0 Å². The summed E-state index contributed by atoms with van der Waals surface area (Å²) < 4.78 is 0. The van der Waals surface area contributed by atoms with E-state index in [1.165, 1.54) is 11.1 Å². The van der Waals surface area contributed by atoms with E-state index in [-0.39, 0.29) is 0 Å². The van der Waals surface area contributed by atoms with Crippen LogP contribution in [0.4, 0.5) is 0 Å². The van der Waals surface area contributed by atoms with Crippen molar-refractivity contribution in [2.75, 3.05) is 0 Å². The SMILES string of the molecule is O=C1CCC2/C(=C\c3ccccc3)CCC12. The number of ketones is 1. The molecule has 0 heterocycles. The number of carbonyl (C=O) groups excluding carboxylic acids is 1. The first-order valence-corrected chi connectivity index (χ1v) is 6.13. The zero-order chi connectivity index (χ0) is 11.0. The largest absolute Gasteiger partial charge is 0.299 e. The maximum absolute atomic E-state index is 11.6. The maximum Gasteiger partial charge on any atom is 0.136 e. The molecule has 2 atom stereocenters. The Morgan fingerprint density at radius 2 is 1.75 bits per heavy atom. The fourth-order valence-electron chi connectivity index (χ4n) is 3.16. The lowest BCUT2D eigenvalue weighted by atomic mass is 9.95. The highest BCUT2D eigenvalue weighted by Gasteiger charge is 2.40. The molecule has 2 aliphatic carbocycles. The van der Waals surface area contributed by atoms with E-state index >= 15 is 0 Å². The minimum atomic E-state index is 0.356. The Bertz CT molecular complexity index is 430. The number of rotatable bonds is 1. The number of fused-ring (bicyclic) bond motifs is 1. The van der Waals surface area contributed by atoms with Gasteiger partial charge in [0.25, 0.3) is 0 Å². The van der Waals surface area contributed by atoms with E-state index in [0.29, 0.717) is 17.6 Å². The Hall–Kier alpha value is -1.37. The third kappa shape index (κ3) is 1.60. The molecule has 1 heteroatoms. The zero-order valence-corrected chi connectivity index (χ0v) is 9.36. The van der Waals surface area contributed by atoms with Gasteiger partial charge >= 0.3 is 0 Å². The van der Waals surface area contributed by atoms with Gasteiger partial charge in [-0.1, -0.05) is 42.0 Å². The summed E-state index contributed by atoms with van der Waals surface area (Å²) in [7, 11) is 0. The second kappa shape index (κ2) is 3.89. The highest BCUT2D eigenvalue weighted by atomic mass is 16.1. The number of hydrogen-bond donors (Lipinski definition) is 0. The summed E-state index contributed by atoms with van der Waals surface area (Å²) in [6.07, 6.45) is 6.39. The molecule has 2 saturated carbocycles. The summed E-state index contributed by atoms with van der Waals surface area (Å²) in [5.41, 5.74) is 2.78. The molecular formula is C15H16O. The van der Waals surface area contributed by atoms with Crippen molar-refractivity contribution in [2.24, 2.45) is 11.8 Å². The Morgan fingerprint density at radius 1 is 1.00 bits per heavy atom. The van der Waals surface area contributed by atoms with Crippen molar-refractivity contribution in [1.82, 2.24) is 0 Å². The van der Waals surface area contributed by atoms with Crippen molar-refractivity contribution in [2.45, 2.75) is 25.7 Å². The normalized spacial score (nSPS) is 31.0. The van der Waals surface area contributed by atoms with Gasteiger partial charge in [-0.3, -0.25) is 4.79 Å². The predicted molar refractivity (Wildman–Crippen MR) is 64.9 cm³/mol. The molecule has 82 valence electrons. The van der Waals surface area contributed by atoms with Gasteiger partial charge in [0.05, 0.1) is 0 Å². The van der Waals surface area contributed by atoms with Gasteiger partial charge in [0, 0.05) is 12.3 Å². The molecule has 2 fully saturated rings. The van der Waals surface area contributed by atoms with Crippen molar-refractivity contribution in [3.05, 3.63) is 41.5 Å². The van der Waals surface area contributed by atoms with Gasteiger partial charge in [-0.05, 0) is 30.7 Å². The Balaban J connectivity index is 1.87. The molecule has 1 nitrogen and oxygen atoms in total. The van der Waals surface area contributed by atoms with Crippen molar-refractivity contribution >= 4 is 11.9 Å². The molecule has 0 N–H and O–H groups in total. The molecular weight excluding hydrogens is 196 g/mol. The molecule has 16 heavy (non-hydrogen) atoms. The van der Waals surface area contributed by atoms with Crippen LogP contribution >= 0.6 is 0 Å². The van der Waals surface area contributed by atoms with E-state index in [9.17, 15) is 4.79 Å². The van der Waals surface area contributed by atoms with Crippen LogP contribution in [0.3, 0.4) is 0 Å². The molecule has 0 amide bonds. The van der Waals surface area contributed by atoms with E-state index in [1.807, 2.05) is 6.07 Å². The van der Waals surface area contributed by atoms with Crippen LogP contribution in [0, 0.1) is 11.8 Å². The lowest BCUT2D eigenvalue weighted by Gasteiger charge is -2.08. The number of Topliss-reactive ketones (excluding diaryl/α,β-unsaturated/α-hetero) is 1. The van der Waals surface area contributed by atoms with Gasteiger partial charge in [-0.15, -0.1) is 0 Å². The summed E-state index contributed by atoms with van der Waals surface area (Å²) in [4.78, 5) is 11.6. The van der Waals surface area contributed by atoms with Crippen LogP contribution in [0.25, 0.3) is 6.08 Å². The molecule has 2 aliphatic rings. The van der Waals surface area contributed by atoms with E-state index < -0.39 is 0 Å². The Morgan fingerprint density at radius 3 is 2.56 bits per heavy atom. The summed E-state index contributed by atoms with van der Waals surface area (Å²) >= 11 is 0. The number of allylic oxidation sites excluding steroid dienone is 1. The van der Waals surface area contributed by atoms with Crippen LogP contribution in [-0.4, -0.2) is 5.78 Å². The topological polar surface area (TPSA) is 17.1 Å². The Labute approximate surface area is 96.2 Å².